The van der Waals surface area contributed by atoms with E-state index in [-0.39, 0.29) is 24.8 Å². The molecule has 0 atom stereocenters. The van der Waals surface area contributed by atoms with Gasteiger partial charge >= 0.3 is 0 Å². The Morgan fingerprint density at radius 2 is 1.70 bits per heavy atom. The van der Waals surface area contributed by atoms with Crippen molar-refractivity contribution in [2.45, 2.75) is 33.1 Å². The normalized spacial score (nSPS) is 9.97. The molecule has 0 saturated heterocycles. The number of hydrogen-bond acceptors (Lipinski definition) is 6. The summed E-state index contributed by atoms with van der Waals surface area (Å²) < 4.78 is 16.7. The van der Waals surface area contributed by atoms with Crippen molar-refractivity contribution in [1.82, 2.24) is 9.97 Å². The Balaban J connectivity index is 0.00000225. The van der Waals surface area contributed by atoms with Gasteiger partial charge in [-0.05, 0) is 63.4 Å². The summed E-state index contributed by atoms with van der Waals surface area (Å²) in [5.41, 5.74) is 3.14. The average molecular weight is 471 g/mol. The maximum Gasteiger partial charge on any atom is 0.161 e. The van der Waals surface area contributed by atoms with Gasteiger partial charge in [0.1, 0.15) is 10.8 Å². The van der Waals surface area contributed by atoms with E-state index in [1.54, 1.807) is 24.6 Å². The molecule has 0 aliphatic carbocycles. The van der Waals surface area contributed by atoms with E-state index < -0.39 is 0 Å². The molecule has 30 heavy (non-hydrogen) atoms. The third kappa shape index (κ3) is 6.76. The molecule has 0 unspecified atom stereocenters. The highest BCUT2D eigenvalue weighted by atomic mass is 35.5. The van der Waals surface area contributed by atoms with Crippen molar-refractivity contribution in [3.8, 4) is 27.8 Å². The fourth-order valence-electron chi connectivity index (χ4n) is 2.97. The van der Waals surface area contributed by atoms with Gasteiger partial charge in [-0.2, -0.15) is 0 Å². The molecule has 2 heterocycles. The van der Waals surface area contributed by atoms with E-state index in [1.807, 2.05) is 44.2 Å². The van der Waals surface area contributed by atoms with Crippen LogP contribution in [0.4, 0.5) is 0 Å². The first kappa shape index (κ1) is 26.0. The topological polar surface area (TPSA) is 53.5 Å². The Hall–Kier alpha value is -2.02. The number of hydrogen-bond donors (Lipinski definition) is 0. The first-order chi connectivity index (χ1) is 13.7. The lowest BCUT2D eigenvalue weighted by atomic mass is 10.1. The number of methoxy groups -OCH3 is 1. The third-order valence-corrected chi connectivity index (χ3v) is 5.20. The number of rotatable bonds is 10. The first-order valence-corrected chi connectivity index (χ1v) is 10.4. The molecule has 5 nitrogen and oxygen atoms in total. The van der Waals surface area contributed by atoms with Crippen LogP contribution in [0.15, 0.2) is 41.9 Å². The lowest BCUT2D eigenvalue weighted by molar-refractivity contribution is 0.288. The van der Waals surface area contributed by atoms with Crippen LogP contribution in [0.3, 0.4) is 0 Å². The Bertz CT molecular complexity index is 906. The predicted molar refractivity (Wildman–Crippen MR) is 127 cm³/mol. The second-order valence-corrected chi connectivity index (χ2v) is 7.04. The van der Waals surface area contributed by atoms with Crippen LogP contribution < -0.4 is 14.2 Å². The molecule has 0 aliphatic rings. The molecule has 0 bridgehead atoms. The van der Waals surface area contributed by atoms with Gasteiger partial charge in [-0.15, -0.1) is 36.2 Å². The Labute approximate surface area is 194 Å². The Morgan fingerprint density at radius 3 is 2.43 bits per heavy atom. The molecule has 0 amide bonds. The quantitative estimate of drug-likeness (QED) is 0.361. The minimum absolute atomic E-state index is 0. The van der Waals surface area contributed by atoms with Crippen molar-refractivity contribution in [2.24, 2.45) is 0 Å². The van der Waals surface area contributed by atoms with Crippen molar-refractivity contribution >= 4 is 36.2 Å². The summed E-state index contributed by atoms with van der Waals surface area (Å²) in [5, 5.41) is 3.12. The standard InChI is InChI=1S/C22H26N2O3S.2ClH/c1-4-26-20-12-11-16(14-21(20)27-5-2)22-24-17(15-28-22)8-6-9-18-19(25-3)10-7-13-23-18;;/h7,10-15H,4-6,8-9H2,1-3H3;2*1H. The van der Waals surface area contributed by atoms with E-state index in [2.05, 4.69) is 10.4 Å². The number of halogens is 2. The number of aryl methyl sites for hydroxylation is 2. The van der Waals surface area contributed by atoms with Gasteiger partial charge in [0.25, 0.3) is 0 Å². The number of ether oxygens (including phenoxy) is 3. The maximum atomic E-state index is 5.73. The lowest BCUT2D eigenvalue weighted by Gasteiger charge is -2.11. The zero-order valence-electron chi connectivity index (χ0n) is 17.4. The molecule has 0 spiro atoms. The van der Waals surface area contributed by atoms with Crippen LogP contribution in [0, 0.1) is 0 Å². The number of pyridine rings is 1. The van der Waals surface area contributed by atoms with Crippen LogP contribution >= 0.6 is 36.2 Å². The van der Waals surface area contributed by atoms with E-state index in [1.165, 1.54) is 0 Å². The largest absolute Gasteiger partial charge is 0.495 e. The van der Waals surface area contributed by atoms with Crippen molar-refractivity contribution in [3.05, 3.63) is 53.3 Å². The van der Waals surface area contributed by atoms with Crippen molar-refractivity contribution in [1.29, 1.82) is 0 Å². The molecule has 0 aliphatic heterocycles. The van der Waals surface area contributed by atoms with Crippen LogP contribution in [0.2, 0.25) is 0 Å². The van der Waals surface area contributed by atoms with Gasteiger partial charge in [0, 0.05) is 17.1 Å². The van der Waals surface area contributed by atoms with Gasteiger partial charge in [-0.3, -0.25) is 4.98 Å². The molecule has 3 aromatic rings. The summed E-state index contributed by atoms with van der Waals surface area (Å²) in [6.07, 6.45) is 4.56. The molecule has 0 radical (unpaired) electrons. The van der Waals surface area contributed by atoms with Crippen LogP contribution in [0.25, 0.3) is 10.6 Å². The van der Waals surface area contributed by atoms with E-state index in [9.17, 15) is 0 Å². The molecule has 3 rings (SSSR count). The molecule has 0 fully saturated rings. The monoisotopic (exact) mass is 470 g/mol. The molecule has 1 aromatic carbocycles. The summed E-state index contributed by atoms with van der Waals surface area (Å²) in [5.74, 6) is 2.38. The van der Waals surface area contributed by atoms with Crippen molar-refractivity contribution in [3.63, 3.8) is 0 Å². The van der Waals surface area contributed by atoms with Gasteiger partial charge in [0.05, 0.1) is 31.7 Å². The summed E-state index contributed by atoms with van der Waals surface area (Å²) in [6.45, 7) is 5.16. The number of thiazole rings is 1. The summed E-state index contributed by atoms with van der Waals surface area (Å²) in [7, 11) is 1.68. The number of benzene rings is 1. The van der Waals surface area contributed by atoms with Gasteiger partial charge < -0.3 is 14.2 Å². The molecule has 8 heteroatoms. The SMILES string of the molecule is CCOc1ccc(-c2nc(CCCc3ncccc3OC)cs2)cc1OCC.Cl.Cl. The average Bonchev–Trinajstić information content (AvgIpc) is 3.19. The fourth-order valence-corrected chi connectivity index (χ4v) is 3.82. The van der Waals surface area contributed by atoms with Crippen LogP contribution in [0.5, 0.6) is 17.2 Å². The second-order valence-electron chi connectivity index (χ2n) is 6.18. The highest BCUT2D eigenvalue weighted by Gasteiger charge is 2.11. The smallest absolute Gasteiger partial charge is 0.161 e. The zero-order chi connectivity index (χ0) is 19.8. The maximum absolute atomic E-state index is 5.73. The highest BCUT2D eigenvalue weighted by molar-refractivity contribution is 7.13. The fraction of sp³-hybridized carbons (Fsp3) is 0.364. The van der Waals surface area contributed by atoms with Crippen LogP contribution in [-0.2, 0) is 12.8 Å². The molecule has 164 valence electrons. The van der Waals surface area contributed by atoms with E-state index in [0.717, 1.165) is 58.5 Å². The van der Waals surface area contributed by atoms with E-state index >= 15 is 0 Å². The molecule has 2 aromatic heterocycles. The summed E-state index contributed by atoms with van der Waals surface area (Å²) >= 11 is 1.65. The molecule has 0 N–H and O–H groups in total. The lowest BCUT2D eigenvalue weighted by Crippen LogP contribution is -1.98. The third-order valence-electron chi connectivity index (χ3n) is 4.26. The molecular weight excluding hydrogens is 443 g/mol. The molecule has 0 saturated carbocycles. The Morgan fingerprint density at radius 1 is 0.933 bits per heavy atom. The van der Waals surface area contributed by atoms with Crippen LogP contribution in [0.1, 0.15) is 31.7 Å². The first-order valence-electron chi connectivity index (χ1n) is 9.57. The van der Waals surface area contributed by atoms with Crippen molar-refractivity contribution < 1.29 is 14.2 Å². The van der Waals surface area contributed by atoms with Crippen molar-refractivity contribution in [2.75, 3.05) is 20.3 Å². The Kier molecular flexibility index (Phi) is 11.5. The highest BCUT2D eigenvalue weighted by Crippen LogP contribution is 2.34. The second kappa shape index (κ2) is 13.3. The molecular formula is C22H28Cl2N2O3S. The van der Waals surface area contributed by atoms with Gasteiger partial charge in [-0.1, -0.05) is 0 Å². The minimum atomic E-state index is 0. The van der Waals surface area contributed by atoms with Crippen LogP contribution in [-0.4, -0.2) is 30.3 Å². The van der Waals surface area contributed by atoms with Gasteiger partial charge in [0.2, 0.25) is 0 Å². The van der Waals surface area contributed by atoms with Gasteiger partial charge in [-0.25, -0.2) is 4.98 Å². The summed E-state index contributed by atoms with van der Waals surface area (Å²) in [6, 6.07) is 9.84. The van der Waals surface area contributed by atoms with E-state index in [0.29, 0.717) is 13.2 Å². The zero-order valence-corrected chi connectivity index (χ0v) is 19.9. The summed E-state index contributed by atoms with van der Waals surface area (Å²) in [4.78, 5) is 9.22. The predicted octanol–water partition coefficient (Wildman–Crippen LogP) is 6.03. The van der Waals surface area contributed by atoms with E-state index in [4.69, 9.17) is 19.2 Å². The number of nitrogens with zero attached hydrogens (tertiary/aromatic N) is 2. The number of aromatic nitrogens is 2. The van der Waals surface area contributed by atoms with Gasteiger partial charge in [0.15, 0.2) is 11.5 Å². The minimum Gasteiger partial charge on any atom is -0.495 e.